The second-order valence-corrected chi connectivity index (χ2v) is 3.80. The molecule has 0 fully saturated rings. The molecular formula is C10H10N2S. The summed E-state index contributed by atoms with van der Waals surface area (Å²) in [7, 11) is 0. The number of aromatic nitrogens is 1. The van der Waals surface area contributed by atoms with Gasteiger partial charge in [0.2, 0.25) is 0 Å². The van der Waals surface area contributed by atoms with Crippen LogP contribution in [-0.2, 0) is 0 Å². The van der Waals surface area contributed by atoms with Crippen LogP contribution in [-0.4, -0.2) is 4.98 Å². The van der Waals surface area contributed by atoms with Crippen molar-refractivity contribution < 1.29 is 0 Å². The molecule has 0 atom stereocenters. The second kappa shape index (κ2) is 3.58. The van der Waals surface area contributed by atoms with E-state index in [2.05, 4.69) is 15.7 Å². The lowest BCUT2D eigenvalue weighted by molar-refractivity contribution is 1.20. The molecule has 3 heteroatoms. The van der Waals surface area contributed by atoms with E-state index in [0.29, 0.717) is 0 Å². The number of allylic oxidation sites excluding steroid dienone is 4. The lowest BCUT2D eigenvalue weighted by Gasteiger charge is -1.93. The zero-order valence-corrected chi connectivity index (χ0v) is 8.14. The lowest BCUT2D eigenvalue weighted by atomic mass is 10.2. The van der Waals surface area contributed by atoms with Gasteiger partial charge in [0.1, 0.15) is 0 Å². The van der Waals surface area contributed by atoms with Gasteiger partial charge in [-0.25, -0.2) is 4.98 Å². The summed E-state index contributed by atoms with van der Waals surface area (Å²) in [5, 5.41) is 6.19. The van der Waals surface area contributed by atoms with Gasteiger partial charge in [-0.1, -0.05) is 6.08 Å². The highest BCUT2D eigenvalue weighted by Crippen LogP contribution is 2.19. The van der Waals surface area contributed by atoms with Gasteiger partial charge >= 0.3 is 0 Å². The molecule has 1 aromatic rings. The second-order valence-electron chi connectivity index (χ2n) is 2.73. The smallest absolute Gasteiger partial charge is 0.0901 e. The fraction of sp³-hybridized carbons (Fsp3) is 0.100. The van der Waals surface area contributed by atoms with Crippen molar-refractivity contribution in [2.75, 3.05) is 0 Å². The van der Waals surface area contributed by atoms with Crippen LogP contribution in [0.25, 0.3) is 5.57 Å². The minimum absolute atomic E-state index is 1.05. The summed E-state index contributed by atoms with van der Waals surface area (Å²) in [6, 6.07) is 0. The van der Waals surface area contributed by atoms with Crippen molar-refractivity contribution in [3.63, 3.8) is 0 Å². The Hall–Kier alpha value is -1.35. The third-order valence-corrected chi connectivity index (χ3v) is 2.52. The van der Waals surface area contributed by atoms with E-state index in [1.165, 1.54) is 0 Å². The van der Waals surface area contributed by atoms with Crippen LogP contribution in [0.3, 0.4) is 0 Å². The van der Waals surface area contributed by atoms with Crippen LogP contribution < -0.4 is 5.32 Å². The number of aryl methyl sites for hydroxylation is 1. The van der Waals surface area contributed by atoms with Crippen molar-refractivity contribution in [3.8, 4) is 0 Å². The first kappa shape index (κ1) is 8.26. The molecule has 0 radical (unpaired) electrons. The van der Waals surface area contributed by atoms with Crippen LogP contribution in [0.2, 0.25) is 0 Å². The molecule has 66 valence electrons. The van der Waals surface area contributed by atoms with Crippen LogP contribution in [0.5, 0.6) is 0 Å². The van der Waals surface area contributed by atoms with E-state index in [1.54, 1.807) is 11.3 Å². The van der Waals surface area contributed by atoms with E-state index in [-0.39, 0.29) is 0 Å². The Labute approximate surface area is 81.3 Å². The molecule has 0 saturated carbocycles. The van der Waals surface area contributed by atoms with Gasteiger partial charge in [-0.2, -0.15) is 0 Å². The molecule has 0 saturated heterocycles. The molecule has 0 amide bonds. The summed E-state index contributed by atoms with van der Waals surface area (Å²) < 4.78 is 0. The van der Waals surface area contributed by atoms with Gasteiger partial charge < -0.3 is 5.32 Å². The predicted molar refractivity (Wildman–Crippen MR) is 56.2 cm³/mol. The number of rotatable bonds is 1. The maximum atomic E-state index is 4.41. The molecule has 0 spiro atoms. The highest BCUT2D eigenvalue weighted by molar-refractivity contribution is 7.09. The topological polar surface area (TPSA) is 24.9 Å². The Morgan fingerprint density at radius 1 is 1.38 bits per heavy atom. The average molecular weight is 190 g/mol. The van der Waals surface area contributed by atoms with E-state index in [1.807, 2.05) is 37.6 Å². The molecule has 1 aliphatic heterocycles. The quantitative estimate of drug-likeness (QED) is 0.735. The molecule has 0 bridgehead atoms. The van der Waals surface area contributed by atoms with Crippen LogP contribution in [0.1, 0.15) is 10.7 Å². The number of nitrogens with zero attached hydrogens (tertiary/aromatic N) is 1. The number of hydrogen-bond donors (Lipinski definition) is 1. The van der Waals surface area contributed by atoms with E-state index in [4.69, 9.17) is 0 Å². The highest BCUT2D eigenvalue weighted by Gasteiger charge is 2.01. The van der Waals surface area contributed by atoms with Crippen LogP contribution in [0, 0.1) is 6.92 Å². The van der Waals surface area contributed by atoms with Gasteiger partial charge in [0, 0.05) is 23.4 Å². The van der Waals surface area contributed by atoms with E-state index < -0.39 is 0 Å². The van der Waals surface area contributed by atoms with Gasteiger partial charge in [0.05, 0.1) is 10.7 Å². The predicted octanol–water partition coefficient (Wildman–Crippen LogP) is 2.47. The zero-order valence-electron chi connectivity index (χ0n) is 7.32. The maximum absolute atomic E-state index is 4.41. The first-order valence-corrected chi connectivity index (χ1v) is 4.96. The molecule has 0 aliphatic carbocycles. The van der Waals surface area contributed by atoms with Gasteiger partial charge in [-0.05, 0) is 19.1 Å². The molecule has 1 aromatic heterocycles. The molecule has 0 unspecified atom stereocenters. The minimum Gasteiger partial charge on any atom is -0.368 e. The first-order valence-electron chi connectivity index (χ1n) is 4.08. The SMILES string of the molecule is Cc1nc(C2=CC=CNC=C2)cs1. The van der Waals surface area contributed by atoms with Crippen molar-refractivity contribution in [3.05, 3.63) is 46.7 Å². The Morgan fingerprint density at radius 2 is 2.31 bits per heavy atom. The van der Waals surface area contributed by atoms with Crippen LogP contribution >= 0.6 is 11.3 Å². The van der Waals surface area contributed by atoms with E-state index >= 15 is 0 Å². The summed E-state index contributed by atoms with van der Waals surface area (Å²) in [4.78, 5) is 4.41. The lowest BCUT2D eigenvalue weighted by Crippen LogP contribution is -1.88. The normalized spacial score (nSPS) is 15.0. The molecule has 0 aromatic carbocycles. The van der Waals surface area contributed by atoms with Crippen LogP contribution in [0.15, 0.2) is 36.0 Å². The third-order valence-electron chi connectivity index (χ3n) is 1.74. The molecular weight excluding hydrogens is 180 g/mol. The minimum atomic E-state index is 1.05. The monoisotopic (exact) mass is 190 g/mol. The summed E-state index contributed by atoms with van der Waals surface area (Å²) >= 11 is 1.67. The summed E-state index contributed by atoms with van der Waals surface area (Å²) in [6.07, 6.45) is 9.84. The fourth-order valence-corrected chi connectivity index (χ4v) is 1.75. The Morgan fingerprint density at radius 3 is 3.08 bits per heavy atom. The molecule has 1 aliphatic rings. The molecule has 2 rings (SSSR count). The average Bonchev–Trinajstić information content (AvgIpc) is 2.43. The van der Waals surface area contributed by atoms with Crippen molar-refractivity contribution in [1.82, 2.24) is 10.3 Å². The van der Waals surface area contributed by atoms with Crippen molar-refractivity contribution in [2.45, 2.75) is 6.92 Å². The van der Waals surface area contributed by atoms with Gasteiger partial charge in [-0.3, -0.25) is 0 Å². The standard InChI is InChI=1S/C10H10N2S/c1-8-12-10(7-13-8)9-3-2-5-11-6-4-9/h2-7,11H,1H3. The maximum Gasteiger partial charge on any atom is 0.0901 e. The number of thiazole rings is 1. The van der Waals surface area contributed by atoms with Gasteiger partial charge in [-0.15, -0.1) is 11.3 Å². The molecule has 1 N–H and O–H groups in total. The largest absolute Gasteiger partial charge is 0.368 e. The van der Waals surface area contributed by atoms with Crippen LogP contribution in [0.4, 0.5) is 0 Å². The Kier molecular flexibility index (Phi) is 2.27. The summed E-state index contributed by atoms with van der Waals surface area (Å²) in [5.74, 6) is 0. The molecule has 2 heterocycles. The van der Waals surface area contributed by atoms with Gasteiger partial charge in [0.15, 0.2) is 0 Å². The molecule has 13 heavy (non-hydrogen) atoms. The van der Waals surface area contributed by atoms with Crippen molar-refractivity contribution >= 4 is 16.9 Å². The van der Waals surface area contributed by atoms with E-state index in [9.17, 15) is 0 Å². The van der Waals surface area contributed by atoms with Crippen molar-refractivity contribution in [2.24, 2.45) is 0 Å². The van der Waals surface area contributed by atoms with Crippen molar-refractivity contribution in [1.29, 1.82) is 0 Å². The summed E-state index contributed by atoms with van der Waals surface area (Å²) in [6.45, 7) is 2.02. The highest BCUT2D eigenvalue weighted by atomic mass is 32.1. The molecule has 2 nitrogen and oxygen atoms in total. The first-order chi connectivity index (χ1) is 6.36. The fourth-order valence-electron chi connectivity index (χ4n) is 1.12. The third kappa shape index (κ3) is 1.87. The zero-order chi connectivity index (χ0) is 9.10. The Bertz CT molecular complexity index is 385. The van der Waals surface area contributed by atoms with Gasteiger partial charge in [0.25, 0.3) is 0 Å². The number of nitrogens with one attached hydrogen (secondary N) is 1. The summed E-state index contributed by atoms with van der Waals surface area (Å²) in [5.41, 5.74) is 2.19. The van der Waals surface area contributed by atoms with E-state index in [0.717, 1.165) is 16.3 Å². The Balaban J connectivity index is 2.35. The number of hydrogen-bond acceptors (Lipinski definition) is 3.